The van der Waals surface area contributed by atoms with E-state index >= 15 is 0 Å². The van der Waals surface area contributed by atoms with Crippen LogP contribution in [0.2, 0.25) is 0 Å². The van der Waals surface area contributed by atoms with Crippen LogP contribution in [0.25, 0.3) is 10.9 Å². The molecule has 25 heavy (non-hydrogen) atoms. The maximum atomic E-state index is 13.4. The van der Waals surface area contributed by atoms with Crippen LogP contribution in [-0.4, -0.2) is 37.1 Å². The van der Waals surface area contributed by atoms with Crippen molar-refractivity contribution in [1.82, 2.24) is 24.6 Å². The number of fused-ring (bicyclic) bond motifs is 1. The van der Waals surface area contributed by atoms with Gasteiger partial charge in [-0.3, -0.25) is 9.89 Å². The number of benzene rings is 1. The van der Waals surface area contributed by atoms with Gasteiger partial charge in [0, 0.05) is 19.0 Å². The number of hydrogen-bond donors (Lipinski definition) is 1. The quantitative estimate of drug-likeness (QED) is 0.781. The molecule has 0 radical (unpaired) electrons. The van der Waals surface area contributed by atoms with Crippen molar-refractivity contribution in [3.63, 3.8) is 0 Å². The zero-order valence-electron chi connectivity index (χ0n) is 15.1. The molecule has 3 aromatic rings. The molecule has 1 fully saturated rings. The van der Waals surface area contributed by atoms with E-state index in [1.807, 2.05) is 36.4 Å². The van der Waals surface area contributed by atoms with Gasteiger partial charge in [0.05, 0.1) is 11.6 Å². The van der Waals surface area contributed by atoms with E-state index in [9.17, 15) is 4.79 Å². The highest BCUT2D eigenvalue weighted by molar-refractivity contribution is 6.02. The number of nitrogens with one attached hydrogen (secondary N) is 1. The zero-order chi connectivity index (χ0) is 17.7. The molecule has 0 aliphatic carbocycles. The molecule has 1 aromatic carbocycles. The van der Waals surface area contributed by atoms with E-state index in [4.69, 9.17) is 0 Å². The molecular weight excluding hydrogens is 314 g/mol. The Morgan fingerprint density at radius 1 is 1.28 bits per heavy atom. The molecule has 3 heterocycles. The summed E-state index contributed by atoms with van der Waals surface area (Å²) in [6.07, 6.45) is 1.89. The lowest BCUT2D eigenvalue weighted by molar-refractivity contribution is 0.0720. The number of amides is 1. The first-order valence-corrected chi connectivity index (χ1v) is 8.73. The van der Waals surface area contributed by atoms with Gasteiger partial charge in [-0.05, 0) is 44.7 Å². The van der Waals surface area contributed by atoms with Crippen LogP contribution in [0.1, 0.15) is 52.1 Å². The zero-order valence-corrected chi connectivity index (χ0v) is 15.1. The molecule has 6 heteroatoms. The summed E-state index contributed by atoms with van der Waals surface area (Å²) in [5, 5.41) is 8.33. The van der Waals surface area contributed by atoms with E-state index in [0.717, 1.165) is 53.2 Å². The van der Waals surface area contributed by atoms with Gasteiger partial charge >= 0.3 is 0 Å². The topological polar surface area (TPSA) is 66.8 Å². The van der Waals surface area contributed by atoms with Gasteiger partial charge in [0.25, 0.3) is 5.91 Å². The van der Waals surface area contributed by atoms with E-state index in [2.05, 4.69) is 34.2 Å². The molecule has 0 saturated carbocycles. The Bertz CT molecular complexity index is 968. The molecule has 1 atom stereocenters. The number of H-pyrrole nitrogens is 1. The number of rotatable bonds is 2. The van der Waals surface area contributed by atoms with Crippen molar-refractivity contribution >= 4 is 16.8 Å². The molecule has 1 aliphatic heterocycles. The monoisotopic (exact) mass is 337 g/mol. The number of hydrogen-bond acceptors (Lipinski definition) is 3. The number of carbonyl (C=O) groups excluding carboxylic acids is 1. The average molecular weight is 337 g/mol. The number of likely N-dealkylation sites (tertiary alicyclic amines) is 1. The van der Waals surface area contributed by atoms with Crippen molar-refractivity contribution < 1.29 is 4.79 Å². The summed E-state index contributed by atoms with van der Waals surface area (Å²) in [6, 6.07) is 6.18. The van der Waals surface area contributed by atoms with E-state index < -0.39 is 0 Å². The summed E-state index contributed by atoms with van der Waals surface area (Å²) in [5.41, 5.74) is 4.13. The van der Waals surface area contributed by atoms with E-state index in [1.54, 1.807) is 0 Å². The highest BCUT2D eigenvalue weighted by atomic mass is 16.2. The van der Waals surface area contributed by atoms with Crippen LogP contribution in [0.4, 0.5) is 0 Å². The second-order valence-corrected chi connectivity index (χ2v) is 6.94. The molecule has 6 nitrogen and oxygen atoms in total. The lowest BCUT2D eigenvalue weighted by Crippen LogP contribution is -2.32. The second kappa shape index (κ2) is 5.72. The van der Waals surface area contributed by atoms with Gasteiger partial charge in [-0.15, -0.1) is 0 Å². The minimum Gasteiger partial charge on any atom is -0.339 e. The van der Waals surface area contributed by atoms with Crippen LogP contribution in [0.15, 0.2) is 18.2 Å². The third-order valence-electron chi connectivity index (χ3n) is 5.30. The van der Waals surface area contributed by atoms with Gasteiger partial charge in [0.15, 0.2) is 5.82 Å². The van der Waals surface area contributed by atoms with Crippen LogP contribution in [0.5, 0.6) is 0 Å². The summed E-state index contributed by atoms with van der Waals surface area (Å²) >= 11 is 0. The molecule has 1 amide bonds. The standard InChI is InChI=1S/C19H23N5O/c1-11-7-5-8-14-12(2)17(23(4)16(11)14)19(25)24-10-6-9-15(24)18-20-13(3)21-22-18/h5,7-8,15H,6,9-10H2,1-4H3,(H,20,21,22)/t15-/m1/s1. The average Bonchev–Trinajstić information content (AvgIpc) is 3.27. The highest BCUT2D eigenvalue weighted by Gasteiger charge is 2.35. The molecule has 0 bridgehead atoms. The number of para-hydroxylation sites is 1. The minimum absolute atomic E-state index is 0.0454. The Hall–Kier alpha value is -2.63. The fourth-order valence-corrected chi connectivity index (χ4v) is 4.12. The fraction of sp³-hybridized carbons (Fsp3) is 0.421. The van der Waals surface area contributed by atoms with E-state index in [0.29, 0.717) is 0 Å². The predicted molar refractivity (Wildman–Crippen MR) is 96.5 cm³/mol. The maximum absolute atomic E-state index is 13.4. The Balaban J connectivity index is 1.78. The van der Waals surface area contributed by atoms with Crippen LogP contribution in [0, 0.1) is 20.8 Å². The summed E-state index contributed by atoms with van der Waals surface area (Å²) in [7, 11) is 1.98. The van der Waals surface area contributed by atoms with Crippen molar-refractivity contribution in [1.29, 1.82) is 0 Å². The SMILES string of the molecule is Cc1nc([C@H]2CCCN2C(=O)c2c(C)c3cccc(C)c3n2C)n[nH]1. The smallest absolute Gasteiger partial charge is 0.271 e. The number of carbonyl (C=O) groups is 1. The van der Waals surface area contributed by atoms with E-state index in [-0.39, 0.29) is 11.9 Å². The predicted octanol–water partition coefficient (Wildman–Crippen LogP) is 3.20. The third-order valence-corrected chi connectivity index (χ3v) is 5.30. The third kappa shape index (κ3) is 2.35. The molecule has 2 aromatic heterocycles. The summed E-state index contributed by atoms with van der Waals surface area (Å²) in [4.78, 5) is 19.8. The number of nitrogens with zero attached hydrogens (tertiary/aromatic N) is 4. The van der Waals surface area contributed by atoms with Crippen LogP contribution in [0.3, 0.4) is 0 Å². The molecule has 1 N–H and O–H groups in total. The Kier molecular flexibility index (Phi) is 3.63. The molecule has 4 rings (SSSR count). The largest absolute Gasteiger partial charge is 0.339 e. The molecule has 130 valence electrons. The molecular formula is C19H23N5O. The first kappa shape index (κ1) is 15.9. The van der Waals surface area contributed by atoms with Gasteiger partial charge in [0.2, 0.25) is 0 Å². The lowest BCUT2D eigenvalue weighted by Gasteiger charge is -2.23. The Labute approximate surface area is 146 Å². The summed E-state index contributed by atoms with van der Waals surface area (Å²) in [6.45, 7) is 6.76. The van der Waals surface area contributed by atoms with Crippen LogP contribution in [-0.2, 0) is 7.05 Å². The van der Waals surface area contributed by atoms with Crippen LogP contribution >= 0.6 is 0 Å². The second-order valence-electron chi connectivity index (χ2n) is 6.94. The maximum Gasteiger partial charge on any atom is 0.271 e. The molecule has 0 spiro atoms. The Morgan fingerprint density at radius 3 is 2.76 bits per heavy atom. The molecule has 1 aliphatic rings. The van der Waals surface area contributed by atoms with Gasteiger partial charge in [-0.1, -0.05) is 18.2 Å². The van der Waals surface area contributed by atoms with Crippen LogP contribution < -0.4 is 0 Å². The summed E-state index contributed by atoms with van der Waals surface area (Å²) in [5.74, 6) is 1.57. The number of aryl methyl sites for hydroxylation is 4. The number of aromatic nitrogens is 4. The molecule has 1 saturated heterocycles. The van der Waals surface area contributed by atoms with Crippen molar-refractivity contribution in [2.45, 2.75) is 39.7 Å². The van der Waals surface area contributed by atoms with Crippen molar-refractivity contribution in [2.24, 2.45) is 7.05 Å². The normalized spacial score (nSPS) is 17.6. The first-order valence-electron chi connectivity index (χ1n) is 8.73. The van der Waals surface area contributed by atoms with Gasteiger partial charge < -0.3 is 9.47 Å². The van der Waals surface area contributed by atoms with E-state index in [1.165, 1.54) is 5.56 Å². The van der Waals surface area contributed by atoms with Crippen molar-refractivity contribution in [3.8, 4) is 0 Å². The van der Waals surface area contributed by atoms with Crippen molar-refractivity contribution in [2.75, 3.05) is 6.54 Å². The summed E-state index contributed by atoms with van der Waals surface area (Å²) < 4.78 is 2.04. The first-order chi connectivity index (χ1) is 12.0. The minimum atomic E-state index is -0.0454. The fourth-order valence-electron chi connectivity index (χ4n) is 4.12. The Morgan fingerprint density at radius 2 is 2.08 bits per heavy atom. The van der Waals surface area contributed by atoms with Crippen molar-refractivity contribution in [3.05, 3.63) is 46.7 Å². The molecule has 0 unspecified atom stereocenters. The van der Waals surface area contributed by atoms with Gasteiger partial charge in [-0.2, -0.15) is 5.10 Å². The highest BCUT2D eigenvalue weighted by Crippen LogP contribution is 2.34. The van der Waals surface area contributed by atoms with Gasteiger partial charge in [-0.25, -0.2) is 4.98 Å². The van der Waals surface area contributed by atoms with Gasteiger partial charge in [0.1, 0.15) is 11.5 Å². The number of aromatic amines is 1. The lowest BCUT2D eigenvalue weighted by atomic mass is 10.1.